The number of hydrogen-bond donors (Lipinski definition) is 2. The van der Waals surface area contributed by atoms with E-state index < -0.39 is 0 Å². The molecule has 0 amide bonds. The number of guanidine groups is 1. The summed E-state index contributed by atoms with van der Waals surface area (Å²) in [5.41, 5.74) is 0.186. The number of likely N-dealkylation sites (N-methyl/N-ethyl adjacent to an activating group) is 1. The highest BCUT2D eigenvalue weighted by atomic mass is 127. The number of nitrogens with zero attached hydrogens (tertiary/aromatic N) is 2. The van der Waals surface area contributed by atoms with Crippen LogP contribution in [0.4, 0.5) is 0 Å². The quantitative estimate of drug-likeness (QED) is 0.440. The summed E-state index contributed by atoms with van der Waals surface area (Å²) < 4.78 is 5.43. The van der Waals surface area contributed by atoms with E-state index in [1.807, 2.05) is 7.05 Å². The normalized spacial score (nSPS) is 19.7. The van der Waals surface area contributed by atoms with Crippen LogP contribution in [0.15, 0.2) is 4.99 Å². The Hall–Kier alpha value is -0.0800. The Bertz CT molecular complexity index is 240. The van der Waals surface area contributed by atoms with Gasteiger partial charge in [0.1, 0.15) is 0 Å². The summed E-state index contributed by atoms with van der Waals surface area (Å²) in [6, 6.07) is 0. The van der Waals surface area contributed by atoms with Gasteiger partial charge in [0.2, 0.25) is 0 Å². The second kappa shape index (κ2) is 8.10. The van der Waals surface area contributed by atoms with E-state index in [2.05, 4.69) is 34.6 Å². The Balaban J connectivity index is 0.00000256. The van der Waals surface area contributed by atoms with Crippen molar-refractivity contribution < 1.29 is 4.74 Å². The summed E-state index contributed by atoms with van der Waals surface area (Å²) in [5, 5.41) is 6.39. The van der Waals surface area contributed by atoms with Gasteiger partial charge in [-0.15, -0.1) is 24.0 Å². The molecule has 0 aromatic heterocycles. The second-order valence-electron chi connectivity index (χ2n) is 4.41. The van der Waals surface area contributed by atoms with Crippen LogP contribution in [0.25, 0.3) is 0 Å². The fourth-order valence-electron chi connectivity index (χ4n) is 2.06. The predicted octanol–water partition coefficient (Wildman–Crippen LogP) is 0.510. The molecule has 1 fully saturated rings. The van der Waals surface area contributed by atoms with Crippen LogP contribution in [0.2, 0.25) is 0 Å². The van der Waals surface area contributed by atoms with Crippen molar-refractivity contribution in [1.82, 2.24) is 15.5 Å². The smallest absolute Gasteiger partial charge is 0.190 e. The minimum atomic E-state index is 0. The molecule has 0 bridgehead atoms. The Morgan fingerprint density at radius 1 is 1.35 bits per heavy atom. The van der Waals surface area contributed by atoms with Crippen LogP contribution >= 0.6 is 24.0 Å². The first kappa shape index (κ1) is 16.9. The van der Waals surface area contributed by atoms with Gasteiger partial charge in [0.25, 0.3) is 0 Å². The molecule has 1 aliphatic heterocycles. The standard InChI is InChI=1S/C11H24N4O.HI/c1-12-10(13-2)14-9-11(15(3)4)5-7-16-8-6-11;/h5-9H2,1-4H3,(H2,12,13,14);1H. The maximum absolute atomic E-state index is 5.43. The first-order valence-corrected chi connectivity index (χ1v) is 5.78. The van der Waals surface area contributed by atoms with E-state index in [1.165, 1.54) is 0 Å². The molecule has 0 aliphatic carbocycles. The average Bonchev–Trinajstić information content (AvgIpc) is 2.31. The average molecular weight is 356 g/mol. The highest BCUT2D eigenvalue weighted by molar-refractivity contribution is 14.0. The monoisotopic (exact) mass is 356 g/mol. The minimum absolute atomic E-state index is 0. The van der Waals surface area contributed by atoms with Crippen molar-refractivity contribution in [2.24, 2.45) is 4.99 Å². The molecule has 102 valence electrons. The van der Waals surface area contributed by atoms with Gasteiger partial charge in [-0.3, -0.25) is 4.99 Å². The molecule has 2 N–H and O–H groups in total. The zero-order chi connectivity index (χ0) is 12.0. The number of ether oxygens (including phenoxy) is 1. The van der Waals surface area contributed by atoms with E-state index in [0.717, 1.165) is 38.6 Å². The maximum Gasteiger partial charge on any atom is 0.190 e. The van der Waals surface area contributed by atoms with Crippen molar-refractivity contribution in [1.29, 1.82) is 0 Å². The van der Waals surface area contributed by atoms with Crippen molar-refractivity contribution in [3.8, 4) is 0 Å². The molecular formula is C11H25IN4O. The molecule has 0 spiro atoms. The van der Waals surface area contributed by atoms with Crippen molar-refractivity contribution in [3.05, 3.63) is 0 Å². The van der Waals surface area contributed by atoms with Crippen molar-refractivity contribution >= 4 is 29.9 Å². The van der Waals surface area contributed by atoms with Crippen molar-refractivity contribution in [2.75, 3.05) is 47.9 Å². The third-order valence-corrected chi connectivity index (χ3v) is 3.42. The molecule has 0 saturated carbocycles. The molecule has 6 heteroatoms. The van der Waals surface area contributed by atoms with Gasteiger partial charge in [0, 0.05) is 39.4 Å². The molecule has 0 aromatic rings. The van der Waals surface area contributed by atoms with Gasteiger partial charge < -0.3 is 20.3 Å². The largest absolute Gasteiger partial charge is 0.381 e. The first-order valence-electron chi connectivity index (χ1n) is 5.78. The third kappa shape index (κ3) is 4.59. The van der Waals surface area contributed by atoms with Crippen LogP contribution in [-0.2, 0) is 4.74 Å². The van der Waals surface area contributed by atoms with Crippen LogP contribution in [0.1, 0.15) is 12.8 Å². The molecule has 1 rings (SSSR count). The van der Waals surface area contributed by atoms with E-state index >= 15 is 0 Å². The van der Waals surface area contributed by atoms with Crippen LogP contribution in [-0.4, -0.2) is 64.3 Å². The lowest BCUT2D eigenvalue weighted by atomic mass is 9.88. The summed E-state index contributed by atoms with van der Waals surface area (Å²) in [5.74, 6) is 0.840. The highest BCUT2D eigenvalue weighted by Gasteiger charge is 2.34. The van der Waals surface area contributed by atoms with Crippen LogP contribution in [0.3, 0.4) is 0 Å². The number of rotatable bonds is 3. The van der Waals surface area contributed by atoms with Crippen LogP contribution in [0.5, 0.6) is 0 Å². The lowest BCUT2D eigenvalue weighted by molar-refractivity contribution is -0.00499. The fourth-order valence-corrected chi connectivity index (χ4v) is 2.06. The molecule has 0 atom stereocenters. The summed E-state index contributed by atoms with van der Waals surface area (Å²) in [6.07, 6.45) is 2.13. The van der Waals surface area contributed by atoms with E-state index in [4.69, 9.17) is 4.74 Å². The summed E-state index contributed by atoms with van der Waals surface area (Å²) >= 11 is 0. The van der Waals surface area contributed by atoms with E-state index in [9.17, 15) is 0 Å². The van der Waals surface area contributed by atoms with Crippen LogP contribution in [0, 0.1) is 0 Å². The van der Waals surface area contributed by atoms with Gasteiger partial charge in [-0.2, -0.15) is 0 Å². The molecule has 1 heterocycles. The van der Waals surface area contributed by atoms with Gasteiger partial charge in [-0.1, -0.05) is 0 Å². The molecule has 0 unspecified atom stereocenters. The maximum atomic E-state index is 5.43. The van der Waals surface area contributed by atoms with Crippen molar-refractivity contribution in [3.63, 3.8) is 0 Å². The Labute approximate surface area is 121 Å². The molecule has 1 aliphatic rings. The third-order valence-electron chi connectivity index (χ3n) is 3.42. The van der Waals surface area contributed by atoms with Gasteiger partial charge in [0.15, 0.2) is 5.96 Å². The fraction of sp³-hybridized carbons (Fsp3) is 0.909. The van der Waals surface area contributed by atoms with Crippen LogP contribution < -0.4 is 10.6 Å². The molecule has 17 heavy (non-hydrogen) atoms. The molecule has 0 radical (unpaired) electrons. The van der Waals surface area contributed by atoms with E-state index in [-0.39, 0.29) is 29.5 Å². The van der Waals surface area contributed by atoms with E-state index in [1.54, 1.807) is 7.05 Å². The predicted molar refractivity (Wildman–Crippen MR) is 82.3 cm³/mol. The molecular weight excluding hydrogens is 331 g/mol. The SMILES string of the molecule is CN=C(NC)NCC1(N(C)C)CCOCC1.I. The lowest BCUT2D eigenvalue weighted by Gasteiger charge is -2.43. The van der Waals surface area contributed by atoms with Crippen molar-refractivity contribution in [2.45, 2.75) is 18.4 Å². The Morgan fingerprint density at radius 2 is 1.94 bits per heavy atom. The Morgan fingerprint density at radius 3 is 2.35 bits per heavy atom. The summed E-state index contributed by atoms with van der Waals surface area (Å²) in [7, 11) is 7.93. The van der Waals surface area contributed by atoms with Gasteiger partial charge in [0.05, 0.1) is 0 Å². The lowest BCUT2D eigenvalue weighted by Crippen LogP contribution is -2.56. The zero-order valence-electron chi connectivity index (χ0n) is 11.2. The highest BCUT2D eigenvalue weighted by Crippen LogP contribution is 2.24. The molecule has 1 saturated heterocycles. The summed E-state index contributed by atoms with van der Waals surface area (Å²) in [6.45, 7) is 2.59. The zero-order valence-corrected chi connectivity index (χ0v) is 13.6. The minimum Gasteiger partial charge on any atom is -0.381 e. The number of halogens is 1. The Kier molecular flexibility index (Phi) is 8.06. The topological polar surface area (TPSA) is 48.9 Å². The number of nitrogens with one attached hydrogen (secondary N) is 2. The number of hydrogen-bond acceptors (Lipinski definition) is 3. The number of aliphatic imine (C=N–C) groups is 1. The van der Waals surface area contributed by atoms with Gasteiger partial charge in [-0.25, -0.2) is 0 Å². The molecule has 0 aromatic carbocycles. The van der Waals surface area contributed by atoms with Gasteiger partial charge in [-0.05, 0) is 26.9 Å². The first-order chi connectivity index (χ1) is 7.64. The van der Waals surface area contributed by atoms with Gasteiger partial charge >= 0.3 is 0 Å². The summed E-state index contributed by atoms with van der Waals surface area (Å²) in [4.78, 5) is 6.42. The second-order valence-corrected chi connectivity index (χ2v) is 4.41. The molecule has 5 nitrogen and oxygen atoms in total. The van der Waals surface area contributed by atoms with E-state index in [0.29, 0.717) is 0 Å².